The standard InChI is InChI=1S/C15H16N2O4/c1-21-11-4-2-9(3-5-11)10-6-12(14(19)8-18)17-13(7-10)15(16)20/h2-7,14,18-19H,8H2,1H3,(H2,16,20). The number of amides is 1. The Morgan fingerprint density at radius 1 is 1.29 bits per heavy atom. The third-order valence-electron chi connectivity index (χ3n) is 3.04. The number of methoxy groups -OCH3 is 1. The molecular weight excluding hydrogens is 272 g/mol. The molecule has 0 saturated heterocycles. The van der Waals surface area contributed by atoms with Crippen LogP contribution in [0.25, 0.3) is 11.1 Å². The molecule has 0 radical (unpaired) electrons. The molecule has 1 aromatic carbocycles. The third kappa shape index (κ3) is 3.36. The maximum absolute atomic E-state index is 11.3. The van der Waals surface area contributed by atoms with Gasteiger partial charge in [0.15, 0.2) is 0 Å². The summed E-state index contributed by atoms with van der Waals surface area (Å²) < 4.78 is 5.09. The summed E-state index contributed by atoms with van der Waals surface area (Å²) in [6.07, 6.45) is -1.17. The molecule has 0 aliphatic heterocycles. The fourth-order valence-electron chi connectivity index (χ4n) is 1.89. The lowest BCUT2D eigenvalue weighted by atomic mass is 10.0. The Balaban J connectivity index is 2.50. The SMILES string of the molecule is COc1ccc(-c2cc(C(N)=O)nc(C(O)CO)c2)cc1. The maximum atomic E-state index is 11.3. The highest BCUT2D eigenvalue weighted by Crippen LogP contribution is 2.25. The van der Waals surface area contributed by atoms with Crippen molar-refractivity contribution in [2.45, 2.75) is 6.10 Å². The average molecular weight is 288 g/mol. The first-order chi connectivity index (χ1) is 10.0. The van der Waals surface area contributed by atoms with Crippen LogP contribution in [0.3, 0.4) is 0 Å². The van der Waals surface area contributed by atoms with Crippen molar-refractivity contribution in [3.8, 4) is 16.9 Å². The monoisotopic (exact) mass is 288 g/mol. The number of ether oxygens (including phenoxy) is 1. The quantitative estimate of drug-likeness (QED) is 0.757. The van der Waals surface area contributed by atoms with Gasteiger partial charge >= 0.3 is 0 Å². The summed E-state index contributed by atoms with van der Waals surface area (Å²) in [5.41, 5.74) is 6.96. The molecule has 2 aromatic rings. The van der Waals surface area contributed by atoms with Crippen LogP contribution >= 0.6 is 0 Å². The van der Waals surface area contributed by atoms with Gasteiger partial charge in [-0.25, -0.2) is 4.98 Å². The van der Waals surface area contributed by atoms with Crippen molar-refractivity contribution in [1.82, 2.24) is 4.98 Å². The minimum absolute atomic E-state index is 0.0332. The molecule has 1 aromatic heterocycles. The summed E-state index contributed by atoms with van der Waals surface area (Å²) in [5.74, 6) is 0.00954. The first-order valence-electron chi connectivity index (χ1n) is 6.30. The van der Waals surface area contributed by atoms with Gasteiger partial charge in [-0.15, -0.1) is 0 Å². The molecule has 21 heavy (non-hydrogen) atoms. The van der Waals surface area contributed by atoms with Gasteiger partial charge in [0, 0.05) is 0 Å². The van der Waals surface area contributed by atoms with Crippen LogP contribution in [-0.4, -0.2) is 34.8 Å². The van der Waals surface area contributed by atoms with E-state index in [2.05, 4.69) is 4.98 Å². The molecule has 1 unspecified atom stereocenters. The van der Waals surface area contributed by atoms with Crippen LogP contribution in [0.15, 0.2) is 36.4 Å². The van der Waals surface area contributed by atoms with Crippen LogP contribution in [0.5, 0.6) is 5.75 Å². The number of aliphatic hydroxyl groups excluding tert-OH is 2. The summed E-state index contributed by atoms with van der Waals surface area (Å²) in [4.78, 5) is 15.3. The lowest BCUT2D eigenvalue weighted by Crippen LogP contribution is -2.16. The van der Waals surface area contributed by atoms with Gasteiger partial charge in [0.05, 0.1) is 19.4 Å². The number of pyridine rings is 1. The van der Waals surface area contributed by atoms with E-state index in [0.29, 0.717) is 11.3 Å². The molecule has 6 heteroatoms. The third-order valence-corrected chi connectivity index (χ3v) is 3.04. The van der Waals surface area contributed by atoms with E-state index in [1.807, 2.05) is 12.1 Å². The normalized spacial score (nSPS) is 12.0. The van der Waals surface area contributed by atoms with E-state index < -0.39 is 18.6 Å². The minimum Gasteiger partial charge on any atom is -0.497 e. The van der Waals surface area contributed by atoms with E-state index in [0.717, 1.165) is 5.56 Å². The molecule has 0 fully saturated rings. The number of aromatic nitrogens is 1. The molecule has 4 N–H and O–H groups in total. The van der Waals surface area contributed by atoms with Crippen LogP contribution in [0.2, 0.25) is 0 Å². The fourth-order valence-corrected chi connectivity index (χ4v) is 1.89. The summed E-state index contributed by atoms with van der Waals surface area (Å²) >= 11 is 0. The van der Waals surface area contributed by atoms with Gasteiger partial charge in [-0.05, 0) is 35.4 Å². The molecule has 0 bridgehead atoms. The minimum atomic E-state index is -1.17. The van der Waals surface area contributed by atoms with Crippen molar-refractivity contribution in [1.29, 1.82) is 0 Å². The second-order valence-corrected chi connectivity index (χ2v) is 4.46. The second kappa shape index (κ2) is 6.34. The number of nitrogens with two attached hydrogens (primary N) is 1. The molecule has 0 aliphatic rings. The van der Waals surface area contributed by atoms with E-state index in [4.69, 9.17) is 15.6 Å². The van der Waals surface area contributed by atoms with Crippen molar-refractivity contribution in [3.63, 3.8) is 0 Å². The van der Waals surface area contributed by atoms with Crippen molar-refractivity contribution in [2.24, 2.45) is 5.73 Å². The predicted molar refractivity (Wildman–Crippen MR) is 76.8 cm³/mol. The molecule has 1 atom stereocenters. The lowest BCUT2D eigenvalue weighted by Gasteiger charge is -2.11. The number of nitrogens with zero attached hydrogens (tertiary/aromatic N) is 1. The van der Waals surface area contributed by atoms with E-state index in [1.165, 1.54) is 6.07 Å². The van der Waals surface area contributed by atoms with E-state index >= 15 is 0 Å². The maximum Gasteiger partial charge on any atom is 0.267 e. The Hall–Kier alpha value is -2.44. The van der Waals surface area contributed by atoms with Gasteiger partial charge < -0.3 is 20.7 Å². The molecule has 0 spiro atoms. The Bertz CT molecular complexity index is 641. The van der Waals surface area contributed by atoms with Gasteiger partial charge in [0.1, 0.15) is 17.5 Å². The summed E-state index contributed by atoms with van der Waals surface area (Å²) in [7, 11) is 1.57. The van der Waals surface area contributed by atoms with Crippen LogP contribution in [0.4, 0.5) is 0 Å². The summed E-state index contributed by atoms with van der Waals surface area (Å²) in [6, 6.07) is 10.3. The molecule has 0 aliphatic carbocycles. The second-order valence-electron chi connectivity index (χ2n) is 4.46. The highest BCUT2D eigenvalue weighted by Gasteiger charge is 2.14. The zero-order chi connectivity index (χ0) is 15.4. The van der Waals surface area contributed by atoms with Crippen molar-refractivity contribution >= 4 is 5.91 Å². The zero-order valence-corrected chi connectivity index (χ0v) is 11.5. The van der Waals surface area contributed by atoms with E-state index in [9.17, 15) is 9.90 Å². The number of primary amides is 1. The van der Waals surface area contributed by atoms with Gasteiger partial charge in [0.25, 0.3) is 5.91 Å². The first-order valence-corrected chi connectivity index (χ1v) is 6.30. The number of carbonyl (C=O) groups excluding carboxylic acids is 1. The summed E-state index contributed by atoms with van der Waals surface area (Å²) in [5, 5.41) is 18.7. The Kier molecular flexibility index (Phi) is 4.52. The molecule has 1 amide bonds. The number of aliphatic hydroxyl groups is 2. The highest BCUT2D eigenvalue weighted by molar-refractivity contribution is 5.92. The molecule has 1 heterocycles. The number of benzene rings is 1. The first kappa shape index (κ1) is 15.0. The van der Waals surface area contributed by atoms with Gasteiger partial charge in [-0.3, -0.25) is 4.79 Å². The number of rotatable bonds is 5. The molecule has 6 nitrogen and oxygen atoms in total. The van der Waals surface area contributed by atoms with Crippen LogP contribution < -0.4 is 10.5 Å². The van der Waals surface area contributed by atoms with Gasteiger partial charge in [-0.1, -0.05) is 12.1 Å². The smallest absolute Gasteiger partial charge is 0.267 e. The number of hydrogen-bond acceptors (Lipinski definition) is 5. The van der Waals surface area contributed by atoms with Crippen LogP contribution in [0.1, 0.15) is 22.3 Å². The van der Waals surface area contributed by atoms with Gasteiger partial charge in [0.2, 0.25) is 0 Å². The average Bonchev–Trinajstić information content (AvgIpc) is 2.53. The van der Waals surface area contributed by atoms with Crippen molar-refractivity contribution in [2.75, 3.05) is 13.7 Å². The van der Waals surface area contributed by atoms with Gasteiger partial charge in [-0.2, -0.15) is 0 Å². The number of hydrogen-bond donors (Lipinski definition) is 3. The Morgan fingerprint density at radius 3 is 2.48 bits per heavy atom. The zero-order valence-electron chi connectivity index (χ0n) is 11.5. The van der Waals surface area contributed by atoms with Crippen LogP contribution in [0, 0.1) is 0 Å². The summed E-state index contributed by atoms with van der Waals surface area (Å²) in [6.45, 7) is -0.489. The molecular formula is C15H16N2O4. The van der Waals surface area contributed by atoms with E-state index in [1.54, 1.807) is 25.3 Å². The van der Waals surface area contributed by atoms with Crippen molar-refractivity contribution < 1.29 is 19.7 Å². The fraction of sp³-hybridized carbons (Fsp3) is 0.200. The lowest BCUT2D eigenvalue weighted by molar-refractivity contribution is 0.0912. The molecule has 0 saturated carbocycles. The topological polar surface area (TPSA) is 106 Å². The predicted octanol–water partition coefficient (Wildman–Crippen LogP) is 0.882. The largest absolute Gasteiger partial charge is 0.497 e. The Labute approximate surface area is 121 Å². The molecule has 2 rings (SSSR count). The van der Waals surface area contributed by atoms with E-state index in [-0.39, 0.29) is 11.4 Å². The number of carbonyl (C=O) groups is 1. The highest BCUT2D eigenvalue weighted by atomic mass is 16.5. The molecule has 110 valence electrons. The van der Waals surface area contributed by atoms with Crippen molar-refractivity contribution in [3.05, 3.63) is 47.8 Å². The Morgan fingerprint density at radius 2 is 1.95 bits per heavy atom. The van der Waals surface area contributed by atoms with Crippen LogP contribution in [-0.2, 0) is 0 Å².